The Balaban J connectivity index is 2.29. The fourth-order valence-corrected chi connectivity index (χ4v) is 2.89. The summed E-state index contributed by atoms with van der Waals surface area (Å²) in [7, 11) is 0. The number of amidine groups is 1. The third kappa shape index (κ3) is 6.10. The Morgan fingerprint density at radius 1 is 1.30 bits per heavy atom. The highest BCUT2D eigenvalue weighted by atomic mass is 16.6. The molecule has 6 heteroatoms. The van der Waals surface area contributed by atoms with E-state index in [1.54, 1.807) is 6.08 Å². The number of aliphatic imine (C=N–C) groups is 1. The van der Waals surface area contributed by atoms with Crippen molar-refractivity contribution in [2.24, 2.45) is 10.9 Å². The molecule has 1 heterocycles. The summed E-state index contributed by atoms with van der Waals surface area (Å²) in [6.07, 6.45) is 0.404. The molecule has 1 aromatic rings. The summed E-state index contributed by atoms with van der Waals surface area (Å²) in [4.78, 5) is 18.8. The van der Waals surface area contributed by atoms with Crippen LogP contribution in [-0.2, 0) is 11.3 Å². The summed E-state index contributed by atoms with van der Waals surface area (Å²) in [5, 5.41) is 13.6. The van der Waals surface area contributed by atoms with E-state index < -0.39 is 17.9 Å². The number of carbonyl (C=O) groups is 1. The van der Waals surface area contributed by atoms with E-state index in [-0.39, 0.29) is 12.0 Å². The van der Waals surface area contributed by atoms with Gasteiger partial charge in [-0.1, -0.05) is 44.2 Å². The van der Waals surface area contributed by atoms with Gasteiger partial charge in [-0.2, -0.15) is 0 Å². The van der Waals surface area contributed by atoms with Crippen LogP contribution in [-0.4, -0.2) is 39.8 Å². The van der Waals surface area contributed by atoms with Crippen LogP contribution in [0.1, 0.15) is 47.1 Å². The zero-order valence-electron chi connectivity index (χ0n) is 17.1. The van der Waals surface area contributed by atoms with Gasteiger partial charge in [0.05, 0.1) is 6.04 Å². The number of aliphatic hydroxyl groups is 1. The highest BCUT2D eigenvalue weighted by Crippen LogP contribution is 2.21. The number of hydrogen-bond acceptors (Lipinski definition) is 5. The van der Waals surface area contributed by atoms with E-state index in [0.717, 1.165) is 11.3 Å². The molecule has 2 rings (SSSR count). The van der Waals surface area contributed by atoms with E-state index in [1.165, 1.54) is 0 Å². The molecule has 148 valence electrons. The summed E-state index contributed by atoms with van der Waals surface area (Å²) in [5.41, 5.74) is 1.19. The SMILES string of the molecule is CC1=CC(O)N(Cc2ccccc2)C(C(NC(=O)OC(C)(C)C)C(C)C)=N1. The van der Waals surface area contributed by atoms with Crippen LogP contribution in [0.3, 0.4) is 0 Å². The van der Waals surface area contributed by atoms with Crippen molar-refractivity contribution >= 4 is 11.9 Å². The maximum Gasteiger partial charge on any atom is 0.408 e. The molecule has 27 heavy (non-hydrogen) atoms. The number of carbonyl (C=O) groups excluding carboxylic acids is 1. The molecule has 0 radical (unpaired) electrons. The Morgan fingerprint density at radius 3 is 2.48 bits per heavy atom. The Kier molecular flexibility index (Phi) is 6.65. The lowest BCUT2D eigenvalue weighted by atomic mass is 10.0. The summed E-state index contributed by atoms with van der Waals surface area (Å²) >= 11 is 0. The molecule has 0 fully saturated rings. The number of nitrogens with zero attached hydrogens (tertiary/aromatic N) is 2. The summed E-state index contributed by atoms with van der Waals surface area (Å²) in [6.45, 7) is 11.8. The molecule has 1 amide bonds. The molecular formula is C21H31N3O3. The van der Waals surface area contributed by atoms with Gasteiger partial charge in [-0.05, 0) is 45.3 Å². The van der Waals surface area contributed by atoms with E-state index in [2.05, 4.69) is 10.3 Å². The standard InChI is InChI=1S/C21H31N3O3/c1-14(2)18(23-20(26)27-21(4,5)6)19-22-15(3)12-17(25)24(19)13-16-10-8-7-9-11-16/h7-12,14,17-18,25H,13H2,1-6H3,(H,23,26). The molecule has 2 unspecified atom stereocenters. The van der Waals surface area contributed by atoms with Gasteiger partial charge in [0.25, 0.3) is 0 Å². The zero-order valence-corrected chi connectivity index (χ0v) is 17.1. The molecule has 0 aromatic heterocycles. The normalized spacial score (nSPS) is 18.7. The van der Waals surface area contributed by atoms with Crippen LogP contribution in [0.5, 0.6) is 0 Å². The van der Waals surface area contributed by atoms with Crippen LogP contribution in [0.15, 0.2) is 47.1 Å². The largest absolute Gasteiger partial charge is 0.444 e. The molecule has 6 nitrogen and oxygen atoms in total. The van der Waals surface area contributed by atoms with Crippen molar-refractivity contribution in [1.82, 2.24) is 10.2 Å². The van der Waals surface area contributed by atoms with Crippen molar-refractivity contribution in [2.45, 2.75) is 66.0 Å². The minimum absolute atomic E-state index is 0.0626. The van der Waals surface area contributed by atoms with Crippen LogP contribution in [0.2, 0.25) is 0 Å². The van der Waals surface area contributed by atoms with Gasteiger partial charge in [0.15, 0.2) is 0 Å². The molecule has 1 aliphatic heterocycles. The van der Waals surface area contributed by atoms with Crippen LogP contribution < -0.4 is 5.32 Å². The quantitative estimate of drug-likeness (QED) is 0.826. The fourth-order valence-electron chi connectivity index (χ4n) is 2.89. The van der Waals surface area contributed by atoms with Gasteiger partial charge in [0.2, 0.25) is 0 Å². The maximum absolute atomic E-state index is 12.4. The molecule has 1 aromatic carbocycles. The molecule has 0 bridgehead atoms. The lowest BCUT2D eigenvalue weighted by molar-refractivity contribution is 0.0487. The molecule has 0 saturated heterocycles. The average molecular weight is 373 g/mol. The minimum atomic E-state index is -0.806. The third-order valence-corrected chi connectivity index (χ3v) is 4.11. The van der Waals surface area contributed by atoms with Crippen molar-refractivity contribution in [1.29, 1.82) is 0 Å². The predicted molar refractivity (Wildman–Crippen MR) is 107 cm³/mol. The summed E-state index contributed by atoms with van der Waals surface area (Å²) in [6, 6.07) is 9.49. The second-order valence-electron chi connectivity index (χ2n) is 8.17. The van der Waals surface area contributed by atoms with E-state index in [4.69, 9.17) is 4.74 Å². The minimum Gasteiger partial charge on any atom is -0.444 e. The highest BCUT2D eigenvalue weighted by molar-refractivity contribution is 5.92. The highest BCUT2D eigenvalue weighted by Gasteiger charge is 2.33. The number of allylic oxidation sites excluding steroid dienone is 1. The van der Waals surface area contributed by atoms with Crippen LogP contribution >= 0.6 is 0 Å². The van der Waals surface area contributed by atoms with Crippen LogP contribution in [0.25, 0.3) is 0 Å². The first kappa shape index (κ1) is 21.0. The molecular weight excluding hydrogens is 342 g/mol. The van der Waals surface area contributed by atoms with E-state index in [0.29, 0.717) is 12.4 Å². The number of rotatable bonds is 5. The van der Waals surface area contributed by atoms with Gasteiger partial charge >= 0.3 is 6.09 Å². The van der Waals surface area contributed by atoms with Crippen molar-refractivity contribution in [3.63, 3.8) is 0 Å². The third-order valence-electron chi connectivity index (χ3n) is 4.11. The molecule has 0 spiro atoms. The Hall–Kier alpha value is -2.34. The molecule has 2 N–H and O–H groups in total. The van der Waals surface area contributed by atoms with Gasteiger partial charge in [-0.25, -0.2) is 9.79 Å². The topological polar surface area (TPSA) is 74.2 Å². The van der Waals surface area contributed by atoms with Gasteiger partial charge in [-0.15, -0.1) is 0 Å². The Bertz CT molecular complexity index is 705. The molecule has 2 atom stereocenters. The lowest BCUT2D eigenvalue weighted by Gasteiger charge is -2.38. The fraction of sp³-hybridized carbons (Fsp3) is 0.524. The van der Waals surface area contributed by atoms with E-state index in [9.17, 15) is 9.90 Å². The smallest absolute Gasteiger partial charge is 0.408 e. The summed E-state index contributed by atoms with van der Waals surface area (Å²) < 4.78 is 5.42. The first-order valence-electron chi connectivity index (χ1n) is 9.32. The number of ether oxygens (including phenoxy) is 1. The van der Waals surface area contributed by atoms with Crippen LogP contribution in [0.4, 0.5) is 4.79 Å². The maximum atomic E-state index is 12.4. The second kappa shape index (κ2) is 8.57. The van der Waals surface area contributed by atoms with Crippen molar-refractivity contribution in [3.8, 4) is 0 Å². The Morgan fingerprint density at radius 2 is 1.93 bits per heavy atom. The second-order valence-corrected chi connectivity index (χ2v) is 8.17. The van der Waals surface area contributed by atoms with E-state index >= 15 is 0 Å². The number of hydrogen-bond donors (Lipinski definition) is 2. The van der Waals surface area contributed by atoms with Gasteiger partial charge in [0, 0.05) is 12.2 Å². The number of aliphatic hydroxyl groups excluding tert-OH is 1. The molecule has 1 aliphatic rings. The number of amides is 1. The lowest BCUT2D eigenvalue weighted by Crippen LogP contribution is -2.55. The first-order chi connectivity index (χ1) is 12.6. The average Bonchev–Trinajstić information content (AvgIpc) is 2.54. The molecule has 0 aliphatic carbocycles. The van der Waals surface area contributed by atoms with Crippen molar-refractivity contribution in [2.75, 3.05) is 0 Å². The number of alkyl carbamates (subject to hydrolysis) is 1. The number of benzene rings is 1. The summed E-state index contributed by atoms with van der Waals surface area (Å²) in [5.74, 6) is 0.694. The van der Waals surface area contributed by atoms with Crippen molar-refractivity contribution < 1.29 is 14.6 Å². The first-order valence-corrected chi connectivity index (χ1v) is 9.32. The molecule has 0 saturated carbocycles. The number of nitrogens with one attached hydrogen (secondary N) is 1. The van der Waals surface area contributed by atoms with Crippen molar-refractivity contribution in [3.05, 3.63) is 47.7 Å². The zero-order chi connectivity index (χ0) is 20.2. The monoisotopic (exact) mass is 373 g/mol. The van der Waals surface area contributed by atoms with E-state index in [1.807, 2.05) is 76.8 Å². The Labute approximate surface area is 161 Å². The predicted octanol–water partition coefficient (Wildman–Crippen LogP) is 3.67. The van der Waals surface area contributed by atoms with Gasteiger partial charge < -0.3 is 20.1 Å². The van der Waals surface area contributed by atoms with Gasteiger partial charge in [0.1, 0.15) is 17.7 Å². The van der Waals surface area contributed by atoms with Crippen LogP contribution in [0, 0.1) is 5.92 Å². The van der Waals surface area contributed by atoms with Gasteiger partial charge in [-0.3, -0.25) is 0 Å².